The number of likely N-dealkylation sites (N-methyl/N-ethyl adjacent to an activating group) is 1. The first-order chi connectivity index (χ1) is 6.08. The van der Waals surface area contributed by atoms with E-state index in [1.807, 2.05) is 0 Å². The highest BCUT2D eigenvalue weighted by molar-refractivity contribution is 4.82. The van der Waals surface area contributed by atoms with Gasteiger partial charge in [-0.3, -0.25) is 0 Å². The fourth-order valence-corrected chi connectivity index (χ4v) is 2.01. The van der Waals surface area contributed by atoms with E-state index in [2.05, 4.69) is 43.2 Å². The second kappa shape index (κ2) is 4.94. The molecule has 1 heterocycles. The number of rotatable bonds is 3. The molecule has 3 heteroatoms. The second-order valence-corrected chi connectivity index (χ2v) is 4.58. The van der Waals surface area contributed by atoms with E-state index in [-0.39, 0.29) is 0 Å². The number of piperazine rings is 1. The second-order valence-electron chi connectivity index (χ2n) is 4.58. The summed E-state index contributed by atoms with van der Waals surface area (Å²) < 4.78 is 0. The largest absolute Gasteiger partial charge is 0.309 e. The van der Waals surface area contributed by atoms with Crippen molar-refractivity contribution in [1.29, 1.82) is 0 Å². The highest BCUT2D eigenvalue weighted by Gasteiger charge is 2.20. The van der Waals surface area contributed by atoms with E-state index < -0.39 is 0 Å². The predicted octanol–water partition coefficient (Wildman–Crippen LogP) is 0.230. The SMILES string of the molecule is C[C@@H]1CN(C)CC(CCN(C)C)N1. The van der Waals surface area contributed by atoms with Gasteiger partial charge in [-0.25, -0.2) is 0 Å². The fourth-order valence-electron chi connectivity index (χ4n) is 2.01. The van der Waals surface area contributed by atoms with Crippen molar-refractivity contribution >= 4 is 0 Å². The minimum atomic E-state index is 0.644. The van der Waals surface area contributed by atoms with Gasteiger partial charge in [-0.2, -0.15) is 0 Å². The molecule has 1 aliphatic rings. The maximum Gasteiger partial charge on any atom is 0.0210 e. The zero-order valence-electron chi connectivity index (χ0n) is 9.38. The Balaban J connectivity index is 2.25. The summed E-state index contributed by atoms with van der Waals surface area (Å²) in [6.07, 6.45) is 1.25. The van der Waals surface area contributed by atoms with Crippen molar-refractivity contribution in [3.63, 3.8) is 0 Å². The molecule has 13 heavy (non-hydrogen) atoms. The standard InChI is InChI=1S/C10H23N3/c1-9-7-13(4)8-10(11-9)5-6-12(2)3/h9-11H,5-8H2,1-4H3/t9-,10?/m1/s1. The number of nitrogens with zero attached hydrogens (tertiary/aromatic N) is 2. The zero-order valence-corrected chi connectivity index (χ0v) is 9.38. The number of hydrogen-bond donors (Lipinski definition) is 1. The Morgan fingerprint density at radius 1 is 1.38 bits per heavy atom. The topological polar surface area (TPSA) is 18.5 Å². The van der Waals surface area contributed by atoms with Gasteiger partial charge >= 0.3 is 0 Å². The van der Waals surface area contributed by atoms with Crippen molar-refractivity contribution < 1.29 is 0 Å². The van der Waals surface area contributed by atoms with Crippen molar-refractivity contribution in [2.45, 2.75) is 25.4 Å². The molecule has 0 aliphatic carbocycles. The summed E-state index contributed by atoms with van der Waals surface area (Å²) in [6, 6.07) is 1.32. The molecule has 1 unspecified atom stereocenters. The Hall–Kier alpha value is -0.120. The Labute approximate surface area is 82.1 Å². The zero-order chi connectivity index (χ0) is 9.84. The highest BCUT2D eigenvalue weighted by atomic mass is 15.2. The first-order valence-electron chi connectivity index (χ1n) is 5.17. The lowest BCUT2D eigenvalue weighted by atomic mass is 10.1. The smallest absolute Gasteiger partial charge is 0.0210 e. The first-order valence-corrected chi connectivity index (χ1v) is 5.17. The summed E-state index contributed by atoms with van der Waals surface area (Å²) >= 11 is 0. The van der Waals surface area contributed by atoms with Gasteiger partial charge < -0.3 is 15.1 Å². The van der Waals surface area contributed by atoms with Crippen LogP contribution in [0.2, 0.25) is 0 Å². The van der Waals surface area contributed by atoms with Gasteiger partial charge in [0.25, 0.3) is 0 Å². The molecule has 0 aromatic heterocycles. The van der Waals surface area contributed by atoms with Crippen molar-refractivity contribution in [3.05, 3.63) is 0 Å². The molecule has 0 aromatic carbocycles. The van der Waals surface area contributed by atoms with E-state index >= 15 is 0 Å². The lowest BCUT2D eigenvalue weighted by Crippen LogP contribution is -2.54. The Kier molecular flexibility index (Phi) is 4.16. The summed E-state index contributed by atoms with van der Waals surface area (Å²) in [5.74, 6) is 0. The van der Waals surface area contributed by atoms with Crippen molar-refractivity contribution in [2.75, 3.05) is 40.8 Å². The van der Waals surface area contributed by atoms with Crippen LogP contribution in [0, 0.1) is 0 Å². The number of nitrogens with one attached hydrogen (secondary N) is 1. The average molecular weight is 185 g/mol. The van der Waals surface area contributed by atoms with Crippen LogP contribution >= 0.6 is 0 Å². The molecule has 1 N–H and O–H groups in total. The van der Waals surface area contributed by atoms with Gasteiger partial charge in [-0.15, -0.1) is 0 Å². The molecule has 0 radical (unpaired) electrons. The summed E-state index contributed by atoms with van der Waals surface area (Å²) in [6.45, 7) is 5.81. The summed E-state index contributed by atoms with van der Waals surface area (Å²) in [5.41, 5.74) is 0. The highest BCUT2D eigenvalue weighted by Crippen LogP contribution is 2.05. The third-order valence-electron chi connectivity index (χ3n) is 2.56. The summed E-state index contributed by atoms with van der Waals surface area (Å²) in [5, 5.41) is 3.63. The van der Waals surface area contributed by atoms with E-state index in [1.165, 1.54) is 26.1 Å². The van der Waals surface area contributed by atoms with Crippen LogP contribution in [0.5, 0.6) is 0 Å². The van der Waals surface area contributed by atoms with Gasteiger partial charge in [0.05, 0.1) is 0 Å². The Morgan fingerprint density at radius 3 is 2.62 bits per heavy atom. The average Bonchev–Trinajstić information content (AvgIpc) is 1.99. The van der Waals surface area contributed by atoms with Gasteiger partial charge in [0.2, 0.25) is 0 Å². The van der Waals surface area contributed by atoms with E-state index in [0.717, 1.165) is 0 Å². The van der Waals surface area contributed by atoms with Crippen molar-refractivity contribution in [2.24, 2.45) is 0 Å². The van der Waals surface area contributed by atoms with Gasteiger partial charge in [0, 0.05) is 25.2 Å². The molecule has 1 aliphatic heterocycles. The molecule has 78 valence electrons. The van der Waals surface area contributed by atoms with Crippen LogP contribution in [0.4, 0.5) is 0 Å². The molecule has 1 saturated heterocycles. The molecule has 2 atom stereocenters. The quantitative estimate of drug-likeness (QED) is 0.679. The molecular formula is C10H23N3. The minimum Gasteiger partial charge on any atom is -0.309 e. The lowest BCUT2D eigenvalue weighted by Gasteiger charge is -2.35. The normalized spacial score (nSPS) is 31.2. The van der Waals surface area contributed by atoms with Crippen molar-refractivity contribution in [1.82, 2.24) is 15.1 Å². The van der Waals surface area contributed by atoms with E-state index in [0.29, 0.717) is 12.1 Å². The molecule has 0 bridgehead atoms. The maximum absolute atomic E-state index is 3.63. The third kappa shape index (κ3) is 4.07. The maximum atomic E-state index is 3.63. The van der Waals surface area contributed by atoms with Gasteiger partial charge in [0.15, 0.2) is 0 Å². The fraction of sp³-hybridized carbons (Fsp3) is 1.00. The molecule has 0 amide bonds. The van der Waals surface area contributed by atoms with Crippen LogP contribution in [0.1, 0.15) is 13.3 Å². The van der Waals surface area contributed by atoms with E-state index in [9.17, 15) is 0 Å². The predicted molar refractivity (Wildman–Crippen MR) is 57.1 cm³/mol. The lowest BCUT2D eigenvalue weighted by molar-refractivity contribution is 0.185. The monoisotopic (exact) mass is 185 g/mol. The minimum absolute atomic E-state index is 0.644. The molecule has 3 nitrogen and oxygen atoms in total. The van der Waals surface area contributed by atoms with E-state index in [1.54, 1.807) is 0 Å². The molecule has 0 spiro atoms. The molecule has 0 saturated carbocycles. The Morgan fingerprint density at radius 2 is 2.08 bits per heavy atom. The van der Waals surface area contributed by atoms with E-state index in [4.69, 9.17) is 0 Å². The Bertz CT molecular complexity index is 137. The molecular weight excluding hydrogens is 162 g/mol. The van der Waals surface area contributed by atoms with Crippen LogP contribution in [0.25, 0.3) is 0 Å². The first kappa shape index (κ1) is 11.0. The summed E-state index contributed by atoms with van der Waals surface area (Å²) in [4.78, 5) is 4.67. The van der Waals surface area contributed by atoms with Crippen LogP contribution in [-0.2, 0) is 0 Å². The van der Waals surface area contributed by atoms with Crippen LogP contribution in [-0.4, -0.2) is 62.7 Å². The van der Waals surface area contributed by atoms with Gasteiger partial charge in [-0.05, 0) is 41.0 Å². The van der Waals surface area contributed by atoms with Crippen LogP contribution in [0.3, 0.4) is 0 Å². The van der Waals surface area contributed by atoms with Gasteiger partial charge in [-0.1, -0.05) is 0 Å². The van der Waals surface area contributed by atoms with Crippen LogP contribution < -0.4 is 5.32 Å². The molecule has 1 rings (SSSR count). The molecule has 1 fully saturated rings. The molecule has 0 aromatic rings. The van der Waals surface area contributed by atoms with Gasteiger partial charge in [0.1, 0.15) is 0 Å². The third-order valence-corrected chi connectivity index (χ3v) is 2.56. The van der Waals surface area contributed by atoms with Crippen molar-refractivity contribution in [3.8, 4) is 0 Å². The van der Waals surface area contributed by atoms with Crippen LogP contribution in [0.15, 0.2) is 0 Å². The summed E-state index contributed by atoms with van der Waals surface area (Å²) in [7, 11) is 6.48. The number of hydrogen-bond acceptors (Lipinski definition) is 3.